The zero-order chi connectivity index (χ0) is 20.1. The van der Waals surface area contributed by atoms with Crippen LogP contribution in [-0.4, -0.2) is 53.8 Å². The van der Waals surface area contributed by atoms with Crippen molar-refractivity contribution in [1.82, 2.24) is 15.1 Å². The number of nitrogens with zero attached hydrogens (tertiary/aromatic N) is 4. The smallest absolute Gasteiger partial charge is 0.260 e. The van der Waals surface area contributed by atoms with Crippen LogP contribution in [0.2, 0.25) is 0 Å². The van der Waals surface area contributed by atoms with Gasteiger partial charge >= 0.3 is 0 Å². The van der Waals surface area contributed by atoms with Gasteiger partial charge in [-0.15, -0.1) is 10.2 Å². The molecule has 1 fully saturated rings. The van der Waals surface area contributed by atoms with Gasteiger partial charge in [0.25, 0.3) is 5.91 Å². The molecule has 0 N–H and O–H groups in total. The van der Waals surface area contributed by atoms with Gasteiger partial charge in [0.2, 0.25) is 0 Å². The predicted octanol–water partition coefficient (Wildman–Crippen LogP) is 3.18. The lowest BCUT2D eigenvalue weighted by Crippen LogP contribution is -2.50. The number of carbonyl (C=O) groups is 1. The monoisotopic (exact) mass is 388 g/mol. The highest BCUT2D eigenvalue weighted by atomic mass is 16.5. The second kappa shape index (κ2) is 8.73. The van der Waals surface area contributed by atoms with Crippen LogP contribution in [0.4, 0.5) is 5.82 Å². The van der Waals surface area contributed by atoms with Gasteiger partial charge in [-0.2, -0.15) is 0 Å². The van der Waals surface area contributed by atoms with Crippen LogP contribution in [0.15, 0.2) is 66.7 Å². The van der Waals surface area contributed by atoms with E-state index in [9.17, 15) is 4.79 Å². The minimum atomic E-state index is 0.00862. The molecule has 0 radical (unpaired) electrons. The molecular formula is C23H24N4O2. The first-order valence-corrected chi connectivity index (χ1v) is 9.80. The molecule has 0 unspecified atom stereocenters. The number of carbonyl (C=O) groups excluding carboxylic acids is 1. The normalized spacial score (nSPS) is 14.0. The van der Waals surface area contributed by atoms with Crippen molar-refractivity contribution >= 4 is 11.7 Å². The van der Waals surface area contributed by atoms with Gasteiger partial charge in [-0.25, -0.2) is 0 Å². The van der Waals surface area contributed by atoms with E-state index in [1.165, 1.54) is 5.56 Å². The number of aryl methyl sites for hydroxylation is 1. The number of anilines is 1. The Bertz CT molecular complexity index is 935. The van der Waals surface area contributed by atoms with E-state index in [0.29, 0.717) is 18.8 Å². The number of piperazine rings is 1. The summed E-state index contributed by atoms with van der Waals surface area (Å²) in [6.45, 7) is 4.90. The number of rotatable bonds is 5. The third kappa shape index (κ3) is 4.71. The van der Waals surface area contributed by atoms with Crippen molar-refractivity contribution in [3.05, 3.63) is 72.3 Å². The maximum absolute atomic E-state index is 12.4. The van der Waals surface area contributed by atoms with Gasteiger partial charge in [-0.05, 0) is 31.2 Å². The van der Waals surface area contributed by atoms with Crippen molar-refractivity contribution in [2.24, 2.45) is 0 Å². The molecular weight excluding hydrogens is 364 g/mol. The van der Waals surface area contributed by atoms with E-state index in [-0.39, 0.29) is 12.5 Å². The quantitative estimate of drug-likeness (QED) is 0.672. The van der Waals surface area contributed by atoms with E-state index in [4.69, 9.17) is 4.74 Å². The first-order valence-electron chi connectivity index (χ1n) is 9.80. The summed E-state index contributed by atoms with van der Waals surface area (Å²) >= 11 is 0. The van der Waals surface area contributed by atoms with Crippen molar-refractivity contribution in [2.75, 3.05) is 37.7 Å². The van der Waals surface area contributed by atoms with Gasteiger partial charge in [0, 0.05) is 31.7 Å². The Morgan fingerprint density at radius 1 is 0.897 bits per heavy atom. The van der Waals surface area contributed by atoms with Gasteiger partial charge in [0.1, 0.15) is 5.75 Å². The summed E-state index contributed by atoms with van der Waals surface area (Å²) in [5, 5.41) is 8.77. The Hall–Kier alpha value is -3.41. The second-order valence-corrected chi connectivity index (χ2v) is 7.11. The topological polar surface area (TPSA) is 58.6 Å². The molecule has 0 atom stereocenters. The van der Waals surface area contributed by atoms with Crippen LogP contribution in [0.1, 0.15) is 5.56 Å². The lowest BCUT2D eigenvalue weighted by Gasteiger charge is -2.35. The Labute approximate surface area is 170 Å². The molecule has 1 aliphatic rings. The molecule has 29 heavy (non-hydrogen) atoms. The van der Waals surface area contributed by atoms with Crippen molar-refractivity contribution in [3.63, 3.8) is 0 Å². The maximum Gasteiger partial charge on any atom is 0.260 e. The van der Waals surface area contributed by atoms with Crippen LogP contribution >= 0.6 is 0 Å². The molecule has 0 bridgehead atoms. The van der Waals surface area contributed by atoms with Gasteiger partial charge in [0.05, 0.1) is 5.69 Å². The molecule has 0 saturated carbocycles. The van der Waals surface area contributed by atoms with Crippen LogP contribution in [0, 0.1) is 6.92 Å². The Balaban J connectivity index is 1.30. The molecule has 1 aliphatic heterocycles. The first kappa shape index (κ1) is 18.9. The SMILES string of the molecule is Cc1ccc(-c2ccc(N3CCN(C(=O)COc4ccccc4)CC3)nn2)cc1. The Morgan fingerprint density at radius 3 is 2.28 bits per heavy atom. The summed E-state index contributed by atoms with van der Waals surface area (Å²) in [6.07, 6.45) is 0. The molecule has 2 heterocycles. The van der Waals surface area contributed by atoms with Crippen molar-refractivity contribution < 1.29 is 9.53 Å². The van der Waals surface area contributed by atoms with Crippen molar-refractivity contribution in [1.29, 1.82) is 0 Å². The van der Waals surface area contributed by atoms with E-state index < -0.39 is 0 Å². The average molecular weight is 388 g/mol. The van der Waals surface area contributed by atoms with E-state index in [0.717, 1.165) is 30.2 Å². The van der Waals surface area contributed by atoms with Gasteiger partial charge in [0.15, 0.2) is 12.4 Å². The molecule has 148 valence electrons. The fourth-order valence-corrected chi connectivity index (χ4v) is 3.31. The molecule has 0 aliphatic carbocycles. The molecule has 1 saturated heterocycles. The number of ether oxygens (including phenoxy) is 1. The summed E-state index contributed by atoms with van der Waals surface area (Å²) in [7, 11) is 0. The Kier molecular flexibility index (Phi) is 5.70. The average Bonchev–Trinajstić information content (AvgIpc) is 2.79. The van der Waals surface area contributed by atoms with Gasteiger partial charge < -0.3 is 14.5 Å². The highest BCUT2D eigenvalue weighted by Gasteiger charge is 2.22. The lowest BCUT2D eigenvalue weighted by molar-refractivity contribution is -0.133. The molecule has 6 nitrogen and oxygen atoms in total. The summed E-state index contributed by atoms with van der Waals surface area (Å²) in [4.78, 5) is 16.4. The third-order valence-corrected chi connectivity index (χ3v) is 5.06. The fraction of sp³-hybridized carbons (Fsp3) is 0.261. The lowest BCUT2D eigenvalue weighted by atomic mass is 10.1. The Morgan fingerprint density at radius 2 is 1.62 bits per heavy atom. The second-order valence-electron chi connectivity index (χ2n) is 7.11. The standard InChI is InChI=1S/C23H24N4O2/c1-18-7-9-19(10-8-18)21-11-12-22(25-24-21)26-13-15-27(16-14-26)23(28)17-29-20-5-3-2-4-6-20/h2-12H,13-17H2,1H3. The minimum Gasteiger partial charge on any atom is -0.484 e. The highest BCUT2D eigenvalue weighted by Crippen LogP contribution is 2.20. The molecule has 6 heteroatoms. The summed E-state index contributed by atoms with van der Waals surface area (Å²) in [5.41, 5.74) is 3.14. The number of hydrogen-bond donors (Lipinski definition) is 0. The van der Waals surface area contributed by atoms with Crippen molar-refractivity contribution in [3.8, 4) is 17.0 Å². The minimum absolute atomic E-state index is 0.00862. The van der Waals surface area contributed by atoms with Crippen LogP contribution in [0.25, 0.3) is 11.3 Å². The molecule has 1 amide bonds. The third-order valence-electron chi connectivity index (χ3n) is 5.06. The molecule has 1 aromatic heterocycles. The van der Waals surface area contributed by atoms with E-state index in [1.54, 1.807) is 0 Å². The summed E-state index contributed by atoms with van der Waals surface area (Å²) < 4.78 is 5.57. The number of hydrogen-bond acceptors (Lipinski definition) is 5. The van der Waals surface area contributed by atoms with Crippen LogP contribution in [-0.2, 0) is 4.79 Å². The molecule has 2 aromatic carbocycles. The van der Waals surface area contributed by atoms with Gasteiger partial charge in [-0.1, -0.05) is 48.0 Å². The molecule has 0 spiro atoms. The number of amides is 1. The highest BCUT2D eigenvalue weighted by molar-refractivity contribution is 5.78. The zero-order valence-electron chi connectivity index (χ0n) is 16.5. The van der Waals surface area contributed by atoms with Gasteiger partial charge in [-0.3, -0.25) is 4.79 Å². The van der Waals surface area contributed by atoms with Crippen LogP contribution in [0.5, 0.6) is 5.75 Å². The van der Waals surface area contributed by atoms with Crippen LogP contribution in [0.3, 0.4) is 0 Å². The maximum atomic E-state index is 12.4. The van der Waals surface area contributed by atoms with E-state index >= 15 is 0 Å². The predicted molar refractivity (Wildman–Crippen MR) is 113 cm³/mol. The van der Waals surface area contributed by atoms with E-state index in [1.807, 2.05) is 47.4 Å². The largest absolute Gasteiger partial charge is 0.484 e. The first-order chi connectivity index (χ1) is 14.2. The number of benzene rings is 2. The summed E-state index contributed by atoms with van der Waals surface area (Å²) in [5.74, 6) is 1.56. The van der Waals surface area contributed by atoms with Crippen LogP contribution < -0.4 is 9.64 Å². The number of aromatic nitrogens is 2. The molecule has 3 aromatic rings. The number of para-hydroxylation sites is 1. The van der Waals surface area contributed by atoms with E-state index in [2.05, 4.69) is 46.3 Å². The van der Waals surface area contributed by atoms with Crippen molar-refractivity contribution in [2.45, 2.75) is 6.92 Å². The molecule has 4 rings (SSSR count). The fourth-order valence-electron chi connectivity index (χ4n) is 3.31. The summed E-state index contributed by atoms with van der Waals surface area (Å²) in [6, 6.07) is 21.7. The zero-order valence-corrected chi connectivity index (χ0v) is 16.5.